The molecule has 1 aromatic carbocycles. The van der Waals surface area contributed by atoms with Crippen molar-refractivity contribution in [1.29, 1.82) is 0 Å². The highest BCUT2D eigenvalue weighted by atomic mass is 32.2. The van der Waals surface area contributed by atoms with Crippen molar-refractivity contribution >= 4 is 11.8 Å². The molecule has 0 saturated heterocycles. The lowest BCUT2D eigenvalue weighted by Gasteiger charge is -2.18. The van der Waals surface area contributed by atoms with E-state index in [1.165, 1.54) is 18.1 Å². The van der Waals surface area contributed by atoms with Gasteiger partial charge in [-0.1, -0.05) is 17.8 Å². The van der Waals surface area contributed by atoms with Crippen LogP contribution in [-0.4, -0.2) is 4.98 Å². The van der Waals surface area contributed by atoms with Crippen molar-refractivity contribution in [3.63, 3.8) is 0 Å². The molecule has 0 aliphatic heterocycles. The van der Waals surface area contributed by atoms with E-state index in [9.17, 15) is 8.78 Å². The molecule has 0 fully saturated rings. The van der Waals surface area contributed by atoms with Crippen LogP contribution in [0.4, 0.5) is 8.78 Å². The number of hydrogen-bond donors (Lipinski definition) is 1. The molecule has 21 heavy (non-hydrogen) atoms. The first-order valence-electron chi connectivity index (χ1n) is 7.02. The van der Waals surface area contributed by atoms with Crippen molar-refractivity contribution in [2.75, 3.05) is 0 Å². The predicted molar refractivity (Wildman–Crippen MR) is 79.3 cm³/mol. The molecule has 110 valence electrons. The Morgan fingerprint density at radius 2 is 1.95 bits per heavy atom. The third kappa shape index (κ3) is 3.09. The van der Waals surface area contributed by atoms with Crippen LogP contribution in [0, 0.1) is 11.6 Å². The Labute approximate surface area is 126 Å². The number of aryl methyl sites for hydroxylation is 2. The van der Waals surface area contributed by atoms with E-state index in [2.05, 4.69) is 11.1 Å². The molecule has 1 aromatic heterocycles. The van der Waals surface area contributed by atoms with E-state index in [4.69, 9.17) is 5.73 Å². The topological polar surface area (TPSA) is 38.9 Å². The molecule has 1 heterocycles. The standard InChI is InChI=1S/C16H16F2N2S/c17-12-5-6-13(18)15(8-12)21-16-11(9-19)7-10-3-1-2-4-14(10)20-16/h5-8H,1-4,9,19H2. The maximum atomic E-state index is 13.8. The first-order chi connectivity index (χ1) is 10.2. The molecule has 2 N–H and O–H groups in total. The van der Waals surface area contributed by atoms with E-state index in [0.717, 1.165) is 54.4 Å². The van der Waals surface area contributed by atoms with E-state index in [1.807, 2.05) is 0 Å². The van der Waals surface area contributed by atoms with E-state index >= 15 is 0 Å². The Morgan fingerprint density at radius 1 is 1.14 bits per heavy atom. The molecule has 5 heteroatoms. The van der Waals surface area contributed by atoms with E-state index in [1.54, 1.807) is 0 Å². The average molecular weight is 306 g/mol. The average Bonchev–Trinajstić information content (AvgIpc) is 2.50. The van der Waals surface area contributed by atoms with E-state index in [0.29, 0.717) is 11.6 Å². The second-order valence-corrected chi connectivity index (χ2v) is 6.18. The van der Waals surface area contributed by atoms with Crippen molar-refractivity contribution in [1.82, 2.24) is 4.98 Å². The number of hydrogen-bond acceptors (Lipinski definition) is 3. The van der Waals surface area contributed by atoms with Gasteiger partial charge in [0.1, 0.15) is 16.7 Å². The fourth-order valence-corrected chi connectivity index (χ4v) is 3.53. The van der Waals surface area contributed by atoms with Gasteiger partial charge in [-0.15, -0.1) is 0 Å². The summed E-state index contributed by atoms with van der Waals surface area (Å²) in [7, 11) is 0. The monoisotopic (exact) mass is 306 g/mol. The lowest BCUT2D eigenvalue weighted by Crippen LogP contribution is -2.10. The zero-order chi connectivity index (χ0) is 14.8. The summed E-state index contributed by atoms with van der Waals surface area (Å²) in [6.45, 7) is 0.347. The van der Waals surface area contributed by atoms with Crippen LogP contribution in [0.15, 0.2) is 34.2 Å². The largest absolute Gasteiger partial charge is 0.326 e. The van der Waals surface area contributed by atoms with Crippen LogP contribution >= 0.6 is 11.8 Å². The normalized spacial score (nSPS) is 14.0. The molecule has 0 atom stereocenters. The van der Waals surface area contributed by atoms with Crippen molar-refractivity contribution in [3.8, 4) is 0 Å². The van der Waals surface area contributed by atoms with Crippen LogP contribution in [0.1, 0.15) is 29.7 Å². The van der Waals surface area contributed by atoms with E-state index in [-0.39, 0.29) is 4.90 Å². The first kappa shape index (κ1) is 14.5. The molecule has 2 nitrogen and oxygen atoms in total. The lowest BCUT2D eigenvalue weighted by atomic mass is 9.95. The Morgan fingerprint density at radius 3 is 2.76 bits per heavy atom. The summed E-state index contributed by atoms with van der Waals surface area (Å²) in [5, 5.41) is 0.683. The number of aromatic nitrogens is 1. The van der Waals surface area contributed by atoms with E-state index < -0.39 is 11.6 Å². The highest BCUT2D eigenvalue weighted by Gasteiger charge is 2.16. The summed E-state index contributed by atoms with van der Waals surface area (Å²) in [4.78, 5) is 4.89. The second kappa shape index (κ2) is 6.12. The fraction of sp³-hybridized carbons (Fsp3) is 0.312. The highest BCUT2D eigenvalue weighted by Crippen LogP contribution is 2.33. The van der Waals surface area contributed by atoms with Gasteiger partial charge in [-0.2, -0.15) is 0 Å². The molecule has 0 bridgehead atoms. The number of nitrogens with two attached hydrogens (primary N) is 1. The summed E-state index contributed by atoms with van der Waals surface area (Å²) in [6, 6.07) is 5.52. The van der Waals surface area contributed by atoms with Gasteiger partial charge >= 0.3 is 0 Å². The fourth-order valence-electron chi connectivity index (χ4n) is 2.56. The zero-order valence-corrected chi connectivity index (χ0v) is 12.4. The Hall–Kier alpha value is -1.46. The molecule has 0 amide bonds. The minimum atomic E-state index is -0.453. The minimum Gasteiger partial charge on any atom is -0.326 e. The molecule has 1 aliphatic rings. The van der Waals surface area contributed by atoms with Gasteiger partial charge in [-0.05, 0) is 55.0 Å². The maximum absolute atomic E-state index is 13.8. The molecular formula is C16H16F2N2S. The van der Waals surface area contributed by atoms with Gasteiger partial charge in [0.2, 0.25) is 0 Å². The van der Waals surface area contributed by atoms with Gasteiger partial charge in [0, 0.05) is 12.2 Å². The lowest BCUT2D eigenvalue weighted by molar-refractivity contribution is 0.577. The van der Waals surface area contributed by atoms with Gasteiger partial charge in [-0.3, -0.25) is 0 Å². The molecule has 0 unspecified atom stereocenters. The molecule has 0 saturated carbocycles. The van der Waals surface area contributed by atoms with Gasteiger partial charge < -0.3 is 5.73 Å². The van der Waals surface area contributed by atoms with Crippen molar-refractivity contribution < 1.29 is 8.78 Å². The number of halogens is 2. The summed E-state index contributed by atoms with van der Waals surface area (Å²) >= 11 is 1.15. The number of nitrogens with zero attached hydrogens (tertiary/aromatic N) is 1. The number of benzene rings is 1. The van der Waals surface area contributed by atoms with Gasteiger partial charge in [0.05, 0.1) is 4.90 Å². The first-order valence-corrected chi connectivity index (χ1v) is 7.83. The van der Waals surface area contributed by atoms with Crippen LogP contribution in [0.5, 0.6) is 0 Å². The summed E-state index contributed by atoms with van der Waals surface area (Å²) in [5.74, 6) is -0.893. The second-order valence-electron chi connectivity index (χ2n) is 5.15. The highest BCUT2D eigenvalue weighted by molar-refractivity contribution is 7.99. The minimum absolute atomic E-state index is 0.243. The van der Waals surface area contributed by atoms with Crippen LogP contribution in [0.25, 0.3) is 0 Å². The van der Waals surface area contributed by atoms with Crippen LogP contribution in [-0.2, 0) is 19.4 Å². The summed E-state index contributed by atoms with van der Waals surface area (Å²) < 4.78 is 27.1. The quantitative estimate of drug-likeness (QED) is 0.936. The molecule has 3 rings (SSSR count). The Balaban J connectivity index is 1.99. The zero-order valence-electron chi connectivity index (χ0n) is 11.5. The summed E-state index contributed by atoms with van der Waals surface area (Å²) in [5.41, 5.74) is 8.99. The van der Waals surface area contributed by atoms with Crippen molar-refractivity contribution in [3.05, 3.63) is 52.7 Å². The molecule has 1 aliphatic carbocycles. The maximum Gasteiger partial charge on any atom is 0.137 e. The van der Waals surface area contributed by atoms with Gasteiger partial charge in [0.25, 0.3) is 0 Å². The molecular weight excluding hydrogens is 290 g/mol. The Bertz CT molecular complexity index is 674. The van der Waals surface area contributed by atoms with Gasteiger partial charge in [-0.25, -0.2) is 13.8 Å². The predicted octanol–water partition coefficient (Wildman–Crippen LogP) is 3.85. The van der Waals surface area contributed by atoms with Crippen LogP contribution < -0.4 is 5.73 Å². The van der Waals surface area contributed by atoms with Crippen LogP contribution in [0.2, 0.25) is 0 Å². The smallest absolute Gasteiger partial charge is 0.137 e. The molecule has 2 aromatic rings. The van der Waals surface area contributed by atoms with Crippen molar-refractivity contribution in [2.24, 2.45) is 5.73 Å². The number of fused-ring (bicyclic) bond motifs is 1. The van der Waals surface area contributed by atoms with Crippen molar-refractivity contribution in [2.45, 2.75) is 42.1 Å². The third-order valence-electron chi connectivity index (χ3n) is 3.66. The molecule has 0 spiro atoms. The molecule has 0 radical (unpaired) electrons. The Kier molecular flexibility index (Phi) is 4.22. The number of rotatable bonds is 3. The van der Waals surface area contributed by atoms with Gasteiger partial charge in [0.15, 0.2) is 0 Å². The SMILES string of the molecule is NCc1cc2c(nc1Sc1cc(F)ccc1F)CCCC2. The van der Waals surface area contributed by atoms with Crippen LogP contribution in [0.3, 0.4) is 0 Å². The summed E-state index contributed by atoms with van der Waals surface area (Å²) in [6.07, 6.45) is 4.26. The number of pyridine rings is 1. The third-order valence-corrected chi connectivity index (χ3v) is 4.74.